The summed E-state index contributed by atoms with van der Waals surface area (Å²) in [4.78, 5) is 35.2. The van der Waals surface area contributed by atoms with Gasteiger partial charge in [-0.1, -0.05) is 36.4 Å². The minimum absolute atomic E-state index is 0.191. The van der Waals surface area contributed by atoms with Gasteiger partial charge >= 0.3 is 0 Å². The maximum absolute atomic E-state index is 13.4. The number of aryl methyl sites for hydroxylation is 2. The van der Waals surface area contributed by atoms with Crippen molar-refractivity contribution >= 4 is 17.2 Å². The lowest BCUT2D eigenvalue weighted by molar-refractivity contribution is 0.0936. The van der Waals surface area contributed by atoms with E-state index >= 15 is 0 Å². The van der Waals surface area contributed by atoms with Crippen molar-refractivity contribution in [2.24, 2.45) is 0 Å². The van der Waals surface area contributed by atoms with Crippen molar-refractivity contribution in [2.75, 3.05) is 0 Å². The Morgan fingerprint density at radius 1 is 1.06 bits per heavy atom. The second kappa shape index (κ2) is 10.4. The molecule has 4 aromatic rings. The van der Waals surface area contributed by atoms with Crippen LogP contribution >= 0.6 is 11.3 Å². The SMILES string of the molecule is Cc1cc(=O)c(C(=O)NC(C)c2nccs2)c(CCc2ccccc2)n1Cc1ccccn1. The average Bonchev–Trinajstić information content (AvgIpc) is 3.36. The molecule has 0 bridgehead atoms. The molecule has 0 saturated heterocycles. The third-order valence-electron chi connectivity index (χ3n) is 5.56. The summed E-state index contributed by atoms with van der Waals surface area (Å²) in [7, 11) is 0. The van der Waals surface area contributed by atoms with Crippen molar-refractivity contribution in [3.63, 3.8) is 0 Å². The zero-order valence-corrected chi connectivity index (χ0v) is 19.5. The van der Waals surface area contributed by atoms with Crippen molar-refractivity contribution < 1.29 is 4.79 Å². The van der Waals surface area contributed by atoms with E-state index in [2.05, 4.69) is 27.4 Å². The Labute approximate surface area is 197 Å². The molecule has 0 aliphatic rings. The summed E-state index contributed by atoms with van der Waals surface area (Å²) in [5, 5.41) is 5.64. The first-order chi connectivity index (χ1) is 16.0. The summed E-state index contributed by atoms with van der Waals surface area (Å²) in [5.74, 6) is -0.375. The summed E-state index contributed by atoms with van der Waals surface area (Å²) in [5.41, 5.74) is 3.47. The van der Waals surface area contributed by atoms with Gasteiger partial charge in [-0.15, -0.1) is 11.3 Å². The highest BCUT2D eigenvalue weighted by Gasteiger charge is 2.23. The number of nitrogens with one attached hydrogen (secondary N) is 1. The summed E-state index contributed by atoms with van der Waals surface area (Å²) in [6, 6.07) is 17.1. The Morgan fingerprint density at radius 3 is 2.55 bits per heavy atom. The number of carbonyl (C=O) groups is 1. The van der Waals surface area contributed by atoms with E-state index in [-0.39, 0.29) is 22.9 Å². The molecule has 7 heteroatoms. The van der Waals surface area contributed by atoms with E-state index in [9.17, 15) is 9.59 Å². The van der Waals surface area contributed by atoms with Crippen LogP contribution in [0.2, 0.25) is 0 Å². The number of rotatable bonds is 8. The lowest BCUT2D eigenvalue weighted by Crippen LogP contribution is -2.34. The number of aromatic nitrogens is 3. The van der Waals surface area contributed by atoms with Crippen molar-refractivity contribution in [2.45, 2.75) is 39.3 Å². The van der Waals surface area contributed by atoms with E-state index in [0.29, 0.717) is 19.4 Å². The molecule has 0 fully saturated rings. The Kier molecular flexibility index (Phi) is 7.10. The fraction of sp³-hybridized carbons (Fsp3) is 0.231. The molecule has 6 nitrogen and oxygen atoms in total. The molecule has 168 valence electrons. The fourth-order valence-corrected chi connectivity index (χ4v) is 4.54. The van der Waals surface area contributed by atoms with Crippen LogP contribution in [0.5, 0.6) is 0 Å². The maximum atomic E-state index is 13.4. The molecule has 0 radical (unpaired) electrons. The lowest BCUT2D eigenvalue weighted by Gasteiger charge is -2.21. The van der Waals surface area contributed by atoms with Gasteiger partial charge in [0, 0.05) is 35.2 Å². The van der Waals surface area contributed by atoms with Gasteiger partial charge < -0.3 is 9.88 Å². The van der Waals surface area contributed by atoms with Gasteiger partial charge in [0.15, 0.2) is 5.43 Å². The van der Waals surface area contributed by atoms with Gasteiger partial charge in [-0.05, 0) is 44.4 Å². The van der Waals surface area contributed by atoms with Crippen LogP contribution in [0.1, 0.15) is 51.0 Å². The second-order valence-corrected chi connectivity index (χ2v) is 8.86. The molecule has 1 aromatic carbocycles. The maximum Gasteiger partial charge on any atom is 0.257 e. The first-order valence-corrected chi connectivity index (χ1v) is 11.8. The Balaban J connectivity index is 1.73. The first-order valence-electron chi connectivity index (χ1n) is 10.9. The van der Waals surface area contributed by atoms with E-state index < -0.39 is 0 Å². The van der Waals surface area contributed by atoms with E-state index in [1.54, 1.807) is 12.4 Å². The molecule has 0 saturated carbocycles. The highest BCUT2D eigenvalue weighted by molar-refractivity contribution is 7.09. The van der Waals surface area contributed by atoms with Crippen LogP contribution in [0.25, 0.3) is 0 Å². The van der Waals surface area contributed by atoms with Crippen LogP contribution in [-0.4, -0.2) is 20.4 Å². The minimum atomic E-state index is -0.375. The summed E-state index contributed by atoms with van der Waals surface area (Å²) in [6.07, 6.45) is 4.73. The first kappa shape index (κ1) is 22.6. The predicted octanol–water partition coefficient (Wildman–Crippen LogP) is 4.33. The number of pyridine rings is 2. The average molecular weight is 459 g/mol. The largest absolute Gasteiger partial charge is 0.343 e. The predicted molar refractivity (Wildman–Crippen MR) is 131 cm³/mol. The Morgan fingerprint density at radius 2 is 1.85 bits per heavy atom. The molecule has 33 heavy (non-hydrogen) atoms. The molecule has 3 aromatic heterocycles. The molecule has 4 rings (SSSR count). The van der Waals surface area contributed by atoms with Crippen LogP contribution < -0.4 is 10.7 Å². The molecular weight excluding hydrogens is 432 g/mol. The van der Waals surface area contributed by atoms with E-state index in [4.69, 9.17) is 0 Å². The third-order valence-corrected chi connectivity index (χ3v) is 6.52. The Hall–Kier alpha value is -3.58. The second-order valence-electron chi connectivity index (χ2n) is 7.93. The van der Waals surface area contributed by atoms with Crippen molar-refractivity contribution in [3.05, 3.63) is 116 Å². The van der Waals surface area contributed by atoms with E-state index in [1.807, 2.05) is 60.2 Å². The lowest BCUT2D eigenvalue weighted by atomic mass is 10.0. The summed E-state index contributed by atoms with van der Waals surface area (Å²) < 4.78 is 2.04. The number of carbonyl (C=O) groups excluding carboxylic acids is 1. The highest BCUT2D eigenvalue weighted by Crippen LogP contribution is 2.18. The molecule has 1 N–H and O–H groups in total. The fourth-order valence-electron chi connectivity index (χ4n) is 3.89. The molecule has 1 unspecified atom stereocenters. The summed E-state index contributed by atoms with van der Waals surface area (Å²) >= 11 is 1.47. The molecule has 1 amide bonds. The topological polar surface area (TPSA) is 76.9 Å². The van der Waals surface area contributed by atoms with Gasteiger partial charge in [0.1, 0.15) is 10.6 Å². The van der Waals surface area contributed by atoms with Gasteiger partial charge in [-0.2, -0.15) is 0 Å². The number of hydrogen-bond acceptors (Lipinski definition) is 5. The monoisotopic (exact) mass is 458 g/mol. The molecular formula is C26H26N4O2S. The van der Waals surface area contributed by atoms with Crippen molar-refractivity contribution in [3.8, 4) is 0 Å². The van der Waals surface area contributed by atoms with Gasteiger partial charge in [0.25, 0.3) is 5.91 Å². The number of amides is 1. The van der Waals surface area contributed by atoms with E-state index in [1.165, 1.54) is 17.4 Å². The van der Waals surface area contributed by atoms with Crippen LogP contribution in [0.15, 0.2) is 77.2 Å². The standard InChI is InChI=1S/C26H26N4O2S/c1-18-16-23(31)24(25(32)29-19(2)26-28-14-15-33-26)22(12-11-20-8-4-3-5-9-20)30(18)17-21-10-6-7-13-27-21/h3-10,13-16,19H,11-12,17H2,1-2H3,(H,29,32). The van der Waals surface area contributed by atoms with Crippen LogP contribution in [0.3, 0.4) is 0 Å². The molecule has 0 aliphatic carbocycles. The quantitative estimate of drug-likeness (QED) is 0.426. The van der Waals surface area contributed by atoms with Crippen LogP contribution in [0.4, 0.5) is 0 Å². The smallest absolute Gasteiger partial charge is 0.257 e. The van der Waals surface area contributed by atoms with Crippen LogP contribution in [0, 0.1) is 6.92 Å². The summed E-state index contributed by atoms with van der Waals surface area (Å²) in [6.45, 7) is 4.26. The molecule has 1 atom stereocenters. The number of nitrogens with zero attached hydrogens (tertiary/aromatic N) is 3. The van der Waals surface area contributed by atoms with Crippen LogP contribution in [-0.2, 0) is 19.4 Å². The molecule has 0 spiro atoms. The van der Waals surface area contributed by atoms with Crippen molar-refractivity contribution in [1.29, 1.82) is 0 Å². The molecule has 3 heterocycles. The molecule has 0 aliphatic heterocycles. The van der Waals surface area contributed by atoms with Gasteiger partial charge in [-0.25, -0.2) is 4.98 Å². The normalized spacial score (nSPS) is 11.8. The zero-order valence-electron chi connectivity index (χ0n) is 18.7. The van der Waals surface area contributed by atoms with Crippen molar-refractivity contribution in [1.82, 2.24) is 19.9 Å². The van der Waals surface area contributed by atoms with Gasteiger partial charge in [0.05, 0.1) is 18.3 Å². The third kappa shape index (κ3) is 5.43. The van der Waals surface area contributed by atoms with Gasteiger partial charge in [0.2, 0.25) is 0 Å². The van der Waals surface area contributed by atoms with E-state index in [0.717, 1.165) is 27.7 Å². The number of hydrogen-bond donors (Lipinski definition) is 1. The Bertz CT molecular complexity index is 1270. The van der Waals surface area contributed by atoms with Gasteiger partial charge in [-0.3, -0.25) is 14.6 Å². The zero-order chi connectivity index (χ0) is 23.2. The highest BCUT2D eigenvalue weighted by atomic mass is 32.1. The number of thiazole rings is 1. The number of benzene rings is 1. The minimum Gasteiger partial charge on any atom is -0.343 e.